The monoisotopic (exact) mass is 418 g/mol. The molecule has 0 saturated carbocycles. The summed E-state index contributed by atoms with van der Waals surface area (Å²) in [5.74, 6) is 0.537. The van der Waals surface area contributed by atoms with Crippen LogP contribution in [0.5, 0.6) is 0 Å². The molecule has 0 spiro atoms. The van der Waals surface area contributed by atoms with Crippen LogP contribution in [0.2, 0.25) is 0 Å². The van der Waals surface area contributed by atoms with Gasteiger partial charge in [-0.25, -0.2) is 23.1 Å². The van der Waals surface area contributed by atoms with Crippen LogP contribution in [0.4, 0.5) is 19.1 Å². The summed E-state index contributed by atoms with van der Waals surface area (Å²) in [5, 5.41) is 0. The molecule has 11 heteroatoms. The highest BCUT2D eigenvalue weighted by molar-refractivity contribution is 8.00. The number of alkyl halides is 3. The van der Waals surface area contributed by atoms with E-state index in [1.807, 2.05) is 4.90 Å². The Morgan fingerprint density at radius 2 is 1.81 bits per heavy atom. The fourth-order valence-electron chi connectivity index (χ4n) is 2.82. The fourth-order valence-corrected chi connectivity index (χ4v) is 4.62. The summed E-state index contributed by atoms with van der Waals surface area (Å²) >= 11 is -0.282. The number of benzene rings is 1. The van der Waals surface area contributed by atoms with E-state index < -0.39 is 15.5 Å². The van der Waals surface area contributed by atoms with Crippen molar-refractivity contribution in [3.05, 3.63) is 42.7 Å². The lowest BCUT2D eigenvalue weighted by atomic mass is 10.1. The molecule has 0 bridgehead atoms. The summed E-state index contributed by atoms with van der Waals surface area (Å²) < 4.78 is 64.9. The van der Waals surface area contributed by atoms with Crippen LogP contribution in [0.15, 0.2) is 52.5 Å². The highest BCUT2D eigenvalue weighted by Crippen LogP contribution is 2.37. The van der Waals surface area contributed by atoms with Crippen molar-refractivity contribution in [3.8, 4) is 0 Å². The highest BCUT2D eigenvalue weighted by Gasteiger charge is 2.30. The Bertz CT molecular complexity index is 861. The van der Waals surface area contributed by atoms with Crippen molar-refractivity contribution < 1.29 is 21.6 Å². The lowest BCUT2D eigenvalue weighted by Gasteiger charge is -2.32. The third-order valence-corrected chi connectivity index (χ3v) is 6.22. The largest absolute Gasteiger partial charge is 0.446 e. The van der Waals surface area contributed by atoms with Gasteiger partial charge in [-0.15, -0.1) is 0 Å². The van der Waals surface area contributed by atoms with Gasteiger partial charge in [0, 0.05) is 36.4 Å². The molecule has 1 aliphatic rings. The Morgan fingerprint density at radius 1 is 1.15 bits per heavy atom. The van der Waals surface area contributed by atoms with E-state index in [9.17, 15) is 21.6 Å². The van der Waals surface area contributed by atoms with Crippen LogP contribution in [-0.2, 0) is 10.0 Å². The van der Waals surface area contributed by atoms with Crippen molar-refractivity contribution in [2.24, 2.45) is 0 Å². The van der Waals surface area contributed by atoms with Gasteiger partial charge in [-0.2, -0.15) is 13.2 Å². The van der Waals surface area contributed by atoms with Crippen molar-refractivity contribution in [3.63, 3.8) is 0 Å². The molecule has 1 atom stereocenters. The Hall–Kier alpha value is -1.85. The topological polar surface area (TPSA) is 75.2 Å². The number of thioether (sulfide) groups is 1. The Morgan fingerprint density at radius 3 is 2.44 bits per heavy atom. The number of rotatable bonds is 5. The predicted octanol–water partition coefficient (Wildman–Crippen LogP) is 3.04. The van der Waals surface area contributed by atoms with Crippen molar-refractivity contribution >= 4 is 27.7 Å². The van der Waals surface area contributed by atoms with Crippen molar-refractivity contribution in [2.45, 2.75) is 34.2 Å². The quantitative estimate of drug-likeness (QED) is 0.753. The maximum Gasteiger partial charge on any atom is 0.446 e. The second kappa shape index (κ2) is 8.03. The molecule has 0 radical (unpaired) electrons. The number of aromatic nitrogens is 2. The zero-order valence-corrected chi connectivity index (χ0v) is 15.7. The molecule has 3 rings (SSSR count). The zero-order valence-electron chi connectivity index (χ0n) is 14.1. The van der Waals surface area contributed by atoms with Crippen LogP contribution in [0, 0.1) is 0 Å². The van der Waals surface area contributed by atoms with Gasteiger partial charge in [-0.1, -0.05) is 0 Å². The Labute approximate surface area is 159 Å². The van der Waals surface area contributed by atoms with Crippen molar-refractivity contribution in [1.29, 1.82) is 0 Å². The number of nitrogens with zero attached hydrogens (tertiary/aromatic N) is 3. The molecule has 1 fully saturated rings. The van der Waals surface area contributed by atoms with Crippen molar-refractivity contribution in [1.82, 2.24) is 14.7 Å². The Kier molecular flexibility index (Phi) is 5.92. The minimum Gasteiger partial charge on any atom is -0.339 e. The number of hydrogen-bond acceptors (Lipinski definition) is 6. The maximum atomic E-state index is 12.6. The molecule has 2 aromatic rings. The first kappa shape index (κ1) is 19.9. The average Bonchev–Trinajstić information content (AvgIpc) is 2.61. The smallest absolute Gasteiger partial charge is 0.339 e. The molecular weight excluding hydrogens is 401 g/mol. The summed E-state index contributed by atoms with van der Waals surface area (Å²) in [7, 11) is -3.83. The number of anilines is 1. The summed E-state index contributed by atoms with van der Waals surface area (Å²) in [6.45, 7) is 1.15. The summed E-state index contributed by atoms with van der Waals surface area (Å²) in [6.07, 6.45) is 4.67. The minimum atomic E-state index is -4.41. The van der Waals surface area contributed by atoms with Gasteiger partial charge in [0.15, 0.2) is 0 Å². The van der Waals surface area contributed by atoms with Gasteiger partial charge in [-0.3, -0.25) is 0 Å². The first-order chi connectivity index (χ1) is 12.7. The summed E-state index contributed by atoms with van der Waals surface area (Å²) in [5.41, 5.74) is -4.41. The Balaban J connectivity index is 1.67. The molecule has 6 nitrogen and oxygen atoms in total. The van der Waals surface area contributed by atoms with E-state index in [1.165, 1.54) is 12.1 Å². The second-order valence-electron chi connectivity index (χ2n) is 5.97. The van der Waals surface area contributed by atoms with Gasteiger partial charge in [0.2, 0.25) is 16.0 Å². The number of nitrogens with one attached hydrogen (secondary N) is 1. The predicted molar refractivity (Wildman–Crippen MR) is 95.9 cm³/mol. The lowest BCUT2D eigenvalue weighted by Crippen LogP contribution is -2.48. The van der Waals surface area contributed by atoms with Crippen LogP contribution in [0.25, 0.3) is 0 Å². The van der Waals surface area contributed by atoms with Crippen LogP contribution in [-0.4, -0.2) is 43.0 Å². The summed E-state index contributed by atoms with van der Waals surface area (Å²) in [4.78, 5) is 10.1. The fraction of sp³-hybridized carbons (Fsp3) is 0.375. The first-order valence-electron chi connectivity index (χ1n) is 8.13. The van der Waals surface area contributed by atoms with Gasteiger partial charge >= 0.3 is 5.51 Å². The van der Waals surface area contributed by atoms with E-state index in [2.05, 4.69) is 14.7 Å². The normalized spacial score (nSPS) is 18.5. The molecule has 1 aromatic heterocycles. The molecule has 1 saturated heterocycles. The van der Waals surface area contributed by atoms with E-state index in [4.69, 9.17) is 0 Å². The lowest BCUT2D eigenvalue weighted by molar-refractivity contribution is -0.0328. The van der Waals surface area contributed by atoms with Gasteiger partial charge < -0.3 is 4.90 Å². The molecular formula is C16H17F3N4O2S2. The van der Waals surface area contributed by atoms with Gasteiger partial charge in [-0.05, 0) is 54.9 Å². The third kappa shape index (κ3) is 5.56. The maximum absolute atomic E-state index is 12.6. The molecule has 1 unspecified atom stereocenters. The minimum absolute atomic E-state index is 0.0634. The molecule has 1 aromatic carbocycles. The standard InChI is InChI=1S/C16H17F3N4O2S2/c17-16(18,19)26-13-4-6-14(7-5-13)27(24,25)22-12-3-1-10-23(11-12)15-20-8-2-9-21-15/h2,4-9,12,22H,1,3,10-11H2. The van der Waals surface area contributed by atoms with Crippen LogP contribution in [0.1, 0.15) is 12.8 Å². The van der Waals surface area contributed by atoms with E-state index in [0.717, 1.165) is 25.1 Å². The van der Waals surface area contributed by atoms with E-state index >= 15 is 0 Å². The van der Waals surface area contributed by atoms with Gasteiger partial charge in [0.25, 0.3) is 0 Å². The van der Waals surface area contributed by atoms with Crippen LogP contribution >= 0.6 is 11.8 Å². The number of halogens is 3. The number of hydrogen-bond donors (Lipinski definition) is 1. The van der Waals surface area contributed by atoms with E-state index in [0.29, 0.717) is 18.9 Å². The highest BCUT2D eigenvalue weighted by atomic mass is 32.2. The SMILES string of the molecule is O=S(=O)(NC1CCCN(c2ncccn2)C1)c1ccc(SC(F)(F)F)cc1. The zero-order chi connectivity index (χ0) is 19.5. The van der Waals surface area contributed by atoms with Crippen molar-refractivity contribution in [2.75, 3.05) is 18.0 Å². The molecule has 1 aliphatic heterocycles. The average molecular weight is 418 g/mol. The van der Waals surface area contributed by atoms with Crippen LogP contribution in [0.3, 0.4) is 0 Å². The molecule has 146 valence electrons. The summed E-state index contributed by atoms with van der Waals surface area (Å²) in [6, 6.07) is 6.02. The molecule has 27 heavy (non-hydrogen) atoms. The van der Waals surface area contributed by atoms with E-state index in [1.54, 1.807) is 18.5 Å². The van der Waals surface area contributed by atoms with Gasteiger partial charge in [0.05, 0.1) is 4.90 Å². The third-order valence-electron chi connectivity index (χ3n) is 3.95. The first-order valence-corrected chi connectivity index (χ1v) is 10.4. The molecule has 0 amide bonds. The van der Waals surface area contributed by atoms with E-state index in [-0.39, 0.29) is 27.6 Å². The number of piperidine rings is 1. The molecule has 1 N–H and O–H groups in total. The number of sulfonamides is 1. The molecule has 0 aliphatic carbocycles. The van der Waals surface area contributed by atoms with Gasteiger partial charge in [0.1, 0.15) is 0 Å². The molecule has 2 heterocycles. The van der Waals surface area contributed by atoms with Crippen LogP contribution < -0.4 is 9.62 Å². The second-order valence-corrected chi connectivity index (χ2v) is 8.83.